The van der Waals surface area contributed by atoms with Gasteiger partial charge in [-0.15, -0.1) is 0 Å². The fourth-order valence-corrected chi connectivity index (χ4v) is 3.63. The van der Waals surface area contributed by atoms with Crippen molar-refractivity contribution in [2.75, 3.05) is 32.1 Å². The highest BCUT2D eigenvalue weighted by Gasteiger charge is 2.32. The summed E-state index contributed by atoms with van der Waals surface area (Å²) < 4.78 is 32.1. The van der Waals surface area contributed by atoms with E-state index < -0.39 is 10.0 Å². The summed E-state index contributed by atoms with van der Waals surface area (Å²) in [5, 5.41) is 9.21. The zero-order valence-electron chi connectivity index (χ0n) is 12.1. The standard InChI is InChI=1S/C13H17N5O3S/c1-14-10-2-3-12(15-6-10)13-9-18(4-5-21-13)22(19,20)11-7-16-17-8-11/h2-3,6-8,13-14H,4-5,9H2,1H3,(H,16,17). The molecule has 3 rings (SSSR count). The van der Waals surface area contributed by atoms with E-state index in [4.69, 9.17) is 4.74 Å². The summed E-state index contributed by atoms with van der Waals surface area (Å²) in [4.78, 5) is 4.48. The highest BCUT2D eigenvalue weighted by atomic mass is 32.2. The maximum atomic E-state index is 12.5. The summed E-state index contributed by atoms with van der Waals surface area (Å²) in [7, 11) is -1.74. The van der Waals surface area contributed by atoms with Gasteiger partial charge in [-0.05, 0) is 12.1 Å². The van der Waals surface area contributed by atoms with Crippen molar-refractivity contribution in [2.45, 2.75) is 11.0 Å². The van der Waals surface area contributed by atoms with Gasteiger partial charge < -0.3 is 10.1 Å². The van der Waals surface area contributed by atoms with Crippen LogP contribution < -0.4 is 5.32 Å². The van der Waals surface area contributed by atoms with Crippen LogP contribution >= 0.6 is 0 Å². The first-order valence-electron chi connectivity index (χ1n) is 6.85. The predicted molar refractivity (Wildman–Crippen MR) is 79.8 cm³/mol. The average molecular weight is 323 g/mol. The molecule has 0 aliphatic carbocycles. The van der Waals surface area contributed by atoms with Gasteiger partial charge in [0.15, 0.2) is 0 Å². The van der Waals surface area contributed by atoms with E-state index in [1.165, 1.54) is 16.7 Å². The van der Waals surface area contributed by atoms with Gasteiger partial charge in [-0.2, -0.15) is 9.40 Å². The summed E-state index contributed by atoms with van der Waals surface area (Å²) in [6, 6.07) is 3.72. The van der Waals surface area contributed by atoms with Crippen LogP contribution in [0.2, 0.25) is 0 Å². The predicted octanol–water partition coefficient (Wildman–Crippen LogP) is 0.609. The Morgan fingerprint density at radius 1 is 1.41 bits per heavy atom. The smallest absolute Gasteiger partial charge is 0.246 e. The van der Waals surface area contributed by atoms with Gasteiger partial charge >= 0.3 is 0 Å². The molecule has 8 nitrogen and oxygen atoms in total. The Balaban J connectivity index is 1.79. The van der Waals surface area contributed by atoms with Gasteiger partial charge in [-0.3, -0.25) is 10.1 Å². The van der Waals surface area contributed by atoms with Crippen LogP contribution in [-0.2, 0) is 14.8 Å². The number of ether oxygens (including phenoxy) is 1. The maximum absolute atomic E-state index is 12.5. The largest absolute Gasteiger partial charge is 0.387 e. The number of nitrogens with zero attached hydrogens (tertiary/aromatic N) is 3. The van der Waals surface area contributed by atoms with Crippen LogP contribution in [0.5, 0.6) is 0 Å². The third-order valence-corrected chi connectivity index (χ3v) is 5.38. The molecule has 2 aromatic heterocycles. The number of rotatable bonds is 4. The van der Waals surface area contributed by atoms with E-state index in [1.807, 2.05) is 19.2 Å². The minimum Gasteiger partial charge on any atom is -0.387 e. The first kappa shape index (κ1) is 14.9. The molecule has 0 spiro atoms. The average Bonchev–Trinajstić information content (AvgIpc) is 3.10. The van der Waals surface area contributed by atoms with Gasteiger partial charge in [0.25, 0.3) is 0 Å². The highest BCUT2D eigenvalue weighted by molar-refractivity contribution is 7.89. The SMILES string of the molecule is CNc1ccc(C2CN(S(=O)(=O)c3cn[nH]c3)CCO2)nc1. The minimum absolute atomic E-state index is 0.159. The Kier molecular flexibility index (Phi) is 4.10. The quantitative estimate of drug-likeness (QED) is 0.855. The Morgan fingerprint density at radius 3 is 2.91 bits per heavy atom. The molecule has 0 aromatic carbocycles. The summed E-state index contributed by atoms with van der Waals surface area (Å²) in [6.45, 7) is 0.884. The third-order valence-electron chi connectivity index (χ3n) is 3.55. The first-order chi connectivity index (χ1) is 10.6. The highest BCUT2D eigenvalue weighted by Crippen LogP contribution is 2.25. The molecule has 0 radical (unpaired) electrons. The number of aromatic amines is 1. The van der Waals surface area contributed by atoms with E-state index >= 15 is 0 Å². The number of hydrogen-bond donors (Lipinski definition) is 2. The van der Waals surface area contributed by atoms with Crippen molar-refractivity contribution in [3.63, 3.8) is 0 Å². The molecule has 2 N–H and O–H groups in total. The molecule has 1 atom stereocenters. The van der Waals surface area contributed by atoms with Gasteiger partial charge in [0.05, 0.1) is 30.4 Å². The summed E-state index contributed by atoms with van der Waals surface area (Å²) in [6.07, 6.45) is 4.00. The molecule has 0 bridgehead atoms. The fourth-order valence-electron chi connectivity index (χ4n) is 2.30. The van der Waals surface area contributed by atoms with Crippen molar-refractivity contribution >= 4 is 15.7 Å². The Labute approximate surface area is 128 Å². The van der Waals surface area contributed by atoms with Gasteiger partial charge in [0, 0.05) is 26.3 Å². The second-order valence-corrected chi connectivity index (χ2v) is 6.82. The van der Waals surface area contributed by atoms with Gasteiger partial charge in [-0.1, -0.05) is 0 Å². The maximum Gasteiger partial charge on any atom is 0.246 e. The number of nitrogens with one attached hydrogen (secondary N) is 2. The number of aromatic nitrogens is 3. The number of H-pyrrole nitrogens is 1. The zero-order valence-corrected chi connectivity index (χ0v) is 12.9. The molecule has 118 valence electrons. The summed E-state index contributed by atoms with van der Waals surface area (Å²) >= 11 is 0. The van der Waals surface area contributed by atoms with Crippen molar-refractivity contribution in [3.05, 3.63) is 36.4 Å². The van der Waals surface area contributed by atoms with Crippen LogP contribution in [0.1, 0.15) is 11.8 Å². The Morgan fingerprint density at radius 2 is 2.27 bits per heavy atom. The molecule has 3 heterocycles. The summed E-state index contributed by atoms with van der Waals surface area (Å²) in [5.41, 5.74) is 1.61. The van der Waals surface area contributed by atoms with Crippen molar-refractivity contribution in [3.8, 4) is 0 Å². The van der Waals surface area contributed by atoms with Crippen molar-refractivity contribution in [1.29, 1.82) is 0 Å². The van der Waals surface area contributed by atoms with Crippen LogP contribution in [0.4, 0.5) is 5.69 Å². The second kappa shape index (κ2) is 6.03. The number of morpholine rings is 1. The normalized spacial score (nSPS) is 20.0. The molecule has 0 amide bonds. The number of sulfonamides is 1. The van der Waals surface area contributed by atoms with E-state index in [0.717, 1.165) is 5.69 Å². The van der Waals surface area contributed by atoms with Crippen molar-refractivity contribution in [2.24, 2.45) is 0 Å². The molecule has 1 aliphatic heterocycles. The van der Waals surface area contributed by atoms with E-state index in [2.05, 4.69) is 20.5 Å². The number of hydrogen-bond acceptors (Lipinski definition) is 6. The second-order valence-electron chi connectivity index (χ2n) is 4.88. The van der Waals surface area contributed by atoms with Crippen LogP contribution in [0.3, 0.4) is 0 Å². The molecule has 22 heavy (non-hydrogen) atoms. The lowest BCUT2D eigenvalue weighted by molar-refractivity contribution is -0.00492. The van der Waals surface area contributed by atoms with Crippen LogP contribution in [0.15, 0.2) is 35.6 Å². The lowest BCUT2D eigenvalue weighted by Crippen LogP contribution is -2.42. The van der Waals surface area contributed by atoms with E-state index in [9.17, 15) is 8.42 Å². The van der Waals surface area contributed by atoms with E-state index in [0.29, 0.717) is 18.8 Å². The zero-order chi connectivity index (χ0) is 15.6. The molecule has 0 saturated carbocycles. The van der Waals surface area contributed by atoms with Crippen LogP contribution in [-0.4, -0.2) is 54.6 Å². The molecule has 1 saturated heterocycles. The third kappa shape index (κ3) is 2.82. The number of anilines is 1. The van der Waals surface area contributed by atoms with Gasteiger partial charge in [-0.25, -0.2) is 8.42 Å². The molecule has 1 aliphatic rings. The van der Waals surface area contributed by atoms with Crippen LogP contribution in [0.25, 0.3) is 0 Å². The molecule has 9 heteroatoms. The fraction of sp³-hybridized carbons (Fsp3) is 0.385. The Bertz CT molecular complexity index is 715. The van der Waals surface area contributed by atoms with Crippen molar-refractivity contribution < 1.29 is 13.2 Å². The summed E-state index contributed by atoms with van der Waals surface area (Å²) in [5.74, 6) is 0. The van der Waals surface area contributed by atoms with Crippen LogP contribution in [0, 0.1) is 0 Å². The van der Waals surface area contributed by atoms with Crippen molar-refractivity contribution in [1.82, 2.24) is 19.5 Å². The Hall–Kier alpha value is -1.97. The lowest BCUT2D eigenvalue weighted by Gasteiger charge is -2.31. The molecule has 1 fully saturated rings. The van der Waals surface area contributed by atoms with E-state index in [1.54, 1.807) is 6.20 Å². The monoisotopic (exact) mass is 323 g/mol. The van der Waals surface area contributed by atoms with E-state index in [-0.39, 0.29) is 17.5 Å². The molecule has 2 aromatic rings. The lowest BCUT2D eigenvalue weighted by atomic mass is 10.2. The molecular weight excluding hydrogens is 306 g/mol. The molecule has 1 unspecified atom stereocenters. The minimum atomic E-state index is -3.55. The van der Waals surface area contributed by atoms with Gasteiger partial charge in [0.2, 0.25) is 10.0 Å². The number of pyridine rings is 1. The first-order valence-corrected chi connectivity index (χ1v) is 8.29. The topological polar surface area (TPSA) is 100 Å². The van der Waals surface area contributed by atoms with Gasteiger partial charge in [0.1, 0.15) is 11.0 Å². The molecular formula is C13H17N5O3S.